The van der Waals surface area contributed by atoms with Crippen LogP contribution in [0.5, 0.6) is 0 Å². The topological polar surface area (TPSA) is 58.5 Å². The van der Waals surface area contributed by atoms with Crippen LogP contribution in [0.25, 0.3) is 10.9 Å². The molecule has 5 nitrogen and oxygen atoms in total. The molecule has 0 spiro atoms. The number of aromatic amines is 1. The molecule has 2 N–H and O–H groups in total. The number of benzene rings is 1. The zero-order valence-electron chi connectivity index (χ0n) is 12.1. The van der Waals surface area contributed by atoms with Crippen molar-refractivity contribution in [2.45, 2.75) is 38.9 Å². The van der Waals surface area contributed by atoms with E-state index >= 15 is 0 Å². The van der Waals surface area contributed by atoms with Crippen molar-refractivity contribution < 1.29 is 0 Å². The highest BCUT2D eigenvalue weighted by Crippen LogP contribution is 2.20. The van der Waals surface area contributed by atoms with E-state index in [1.165, 1.54) is 22.9 Å². The standard InChI is InChI=1S/C16H19N5/c1-11(16-20-19-15-3-2-8-21(15)16)18-10-12-4-5-14-13(9-12)6-7-17-14/h4-7,9,11,17-18H,2-3,8,10H2,1H3. The van der Waals surface area contributed by atoms with E-state index in [9.17, 15) is 0 Å². The minimum atomic E-state index is 0.214. The first-order chi connectivity index (χ1) is 10.3. The molecule has 0 radical (unpaired) electrons. The first-order valence-corrected chi connectivity index (χ1v) is 7.52. The highest BCUT2D eigenvalue weighted by Gasteiger charge is 2.20. The molecule has 1 unspecified atom stereocenters. The lowest BCUT2D eigenvalue weighted by molar-refractivity contribution is 0.516. The van der Waals surface area contributed by atoms with E-state index in [0.29, 0.717) is 0 Å². The van der Waals surface area contributed by atoms with Crippen LogP contribution >= 0.6 is 0 Å². The average molecular weight is 281 g/mol. The zero-order chi connectivity index (χ0) is 14.2. The van der Waals surface area contributed by atoms with E-state index in [2.05, 4.69) is 56.3 Å². The quantitative estimate of drug-likeness (QED) is 0.772. The molecule has 0 bridgehead atoms. The van der Waals surface area contributed by atoms with E-state index in [4.69, 9.17) is 0 Å². The van der Waals surface area contributed by atoms with Crippen molar-refractivity contribution in [3.05, 3.63) is 47.7 Å². The number of nitrogens with one attached hydrogen (secondary N) is 2. The van der Waals surface area contributed by atoms with Crippen molar-refractivity contribution >= 4 is 10.9 Å². The van der Waals surface area contributed by atoms with Gasteiger partial charge >= 0.3 is 0 Å². The van der Waals surface area contributed by atoms with E-state index in [0.717, 1.165) is 31.2 Å². The molecule has 0 saturated heterocycles. The van der Waals surface area contributed by atoms with Crippen molar-refractivity contribution in [2.24, 2.45) is 0 Å². The Kier molecular flexibility index (Phi) is 3.00. The van der Waals surface area contributed by atoms with Crippen LogP contribution in [-0.4, -0.2) is 19.7 Å². The molecule has 1 aromatic carbocycles. The molecule has 108 valence electrons. The number of rotatable bonds is 4. The van der Waals surface area contributed by atoms with Gasteiger partial charge in [0.25, 0.3) is 0 Å². The fourth-order valence-electron chi connectivity index (χ4n) is 3.07. The van der Waals surface area contributed by atoms with Gasteiger partial charge in [-0.3, -0.25) is 0 Å². The second kappa shape index (κ2) is 5.00. The maximum atomic E-state index is 4.34. The smallest absolute Gasteiger partial charge is 0.149 e. The number of fused-ring (bicyclic) bond motifs is 2. The van der Waals surface area contributed by atoms with Gasteiger partial charge in [0.05, 0.1) is 6.04 Å². The monoisotopic (exact) mass is 281 g/mol. The average Bonchev–Trinajstić information content (AvgIpc) is 3.19. The second-order valence-corrected chi connectivity index (χ2v) is 5.73. The highest BCUT2D eigenvalue weighted by atomic mass is 15.3. The first-order valence-electron chi connectivity index (χ1n) is 7.52. The largest absolute Gasteiger partial charge is 0.361 e. The van der Waals surface area contributed by atoms with Crippen LogP contribution in [0.4, 0.5) is 0 Å². The van der Waals surface area contributed by atoms with Gasteiger partial charge in [0.1, 0.15) is 11.6 Å². The summed E-state index contributed by atoms with van der Waals surface area (Å²) in [6.45, 7) is 4.05. The molecule has 1 aliphatic rings. The number of H-pyrrole nitrogens is 1. The van der Waals surface area contributed by atoms with Crippen molar-refractivity contribution in [2.75, 3.05) is 0 Å². The third-order valence-electron chi connectivity index (χ3n) is 4.26. The van der Waals surface area contributed by atoms with E-state index in [-0.39, 0.29) is 6.04 Å². The van der Waals surface area contributed by atoms with E-state index < -0.39 is 0 Å². The number of aromatic nitrogens is 4. The summed E-state index contributed by atoms with van der Waals surface area (Å²) in [5.74, 6) is 2.19. The lowest BCUT2D eigenvalue weighted by Gasteiger charge is -2.14. The molecule has 0 fully saturated rings. The fraction of sp³-hybridized carbons (Fsp3) is 0.375. The Hall–Kier alpha value is -2.14. The maximum Gasteiger partial charge on any atom is 0.149 e. The fourth-order valence-corrected chi connectivity index (χ4v) is 3.07. The van der Waals surface area contributed by atoms with Crippen LogP contribution < -0.4 is 5.32 Å². The Balaban J connectivity index is 1.48. The molecule has 1 aliphatic heterocycles. The van der Waals surface area contributed by atoms with Gasteiger partial charge in [0.2, 0.25) is 0 Å². The molecule has 1 atom stereocenters. The summed E-state index contributed by atoms with van der Waals surface area (Å²) in [5, 5.41) is 13.4. The summed E-state index contributed by atoms with van der Waals surface area (Å²) in [6.07, 6.45) is 4.22. The Bertz CT molecular complexity index is 770. The zero-order valence-corrected chi connectivity index (χ0v) is 12.1. The summed E-state index contributed by atoms with van der Waals surface area (Å²) in [5.41, 5.74) is 2.47. The Morgan fingerprint density at radius 3 is 3.24 bits per heavy atom. The third-order valence-corrected chi connectivity index (χ3v) is 4.26. The van der Waals surface area contributed by atoms with Crippen LogP contribution in [0.2, 0.25) is 0 Å². The normalized spacial score (nSPS) is 15.5. The number of hydrogen-bond acceptors (Lipinski definition) is 3. The van der Waals surface area contributed by atoms with Crippen molar-refractivity contribution in [1.29, 1.82) is 0 Å². The molecule has 5 heteroatoms. The van der Waals surface area contributed by atoms with Crippen molar-refractivity contribution in [3.63, 3.8) is 0 Å². The first kappa shape index (κ1) is 12.6. The molecule has 0 aliphatic carbocycles. The summed E-state index contributed by atoms with van der Waals surface area (Å²) in [4.78, 5) is 3.22. The molecular weight excluding hydrogens is 262 g/mol. The molecule has 2 aromatic heterocycles. The number of aryl methyl sites for hydroxylation is 1. The van der Waals surface area contributed by atoms with Gasteiger partial charge in [0.15, 0.2) is 0 Å². The van der Waals surface area contributed by atoms with Crippen LogP contribution in [-0.2, 0) is 19.5 Å². The molecule has 3 aromatic rings. The SMILES string of the molecule is CC(NCc1ccc2[nH]ccc2c1)c1nnc2n1CCC2. The minimum absolute atomic E-state index is 0.214. The van der Waals surface area contributed by atoms with Crippen LogP contribution in [0.15, 0.2) is 30.5 Å². The second-order valence-electron chi connectivity index (χ2n) is 5.73. The molecule has 0 amide bonds. The molecule has 21 heavy (non-hydrogen) atoms. The summed E-state index contributed by atoms with van der Waals surface area (Å²) in [6, 6.07) is 8.83. The van der Waals surface area contributed by atoms with Crippen LogP contribution in [0, 0.1) is 0 Å². The van der Waals surface area contributed by atoms with Gasteiger partial charge in [-0.05, 0) is 42.5 Å². The van der Waals surface area contributed by atoms with Gasteiger partial charge in [-0.1, -0.05) is 6.07 Å². The number of hydrogen-bond donors (Lipinski definition) is 2. The summed E-state index contributed by atoms with van der Waals surface area (Å²) in [7, 11) is 0. The predicted octanol–water partition coefficient (Wildman–Crippen LogP) is 2.56. The summed E-state index contributed by atoms with van der Waals surface area (Å²) < 4.78 is 2.26. The van der Waals surface area contributed by atoms with Gasteiger partial charge in [-0.15, -0.1) is 10.2 Å². The summed E-state index contributed by atoms with van der Waals surface area (Å²) >= 11 is 0. The third kappa shape index (κ3) is 2.23. The lowest BCUT2D eigenvalue weighted by Crippen LogP contribution is -2.21. The van der Waals surface area contributed by atoms with Crippen molar-refractivity contribution in [1.82, 2.24) is 25.1 Å². The molecule has 4 rings (SSSR count). The van der Waals surface area contributed by atoms with Gasteiger partial charge in [-0.25, -0.2) is 0 Å². The number of nitrogens with zero attached hydrogens (tertiary/aromatic N) is 3. The predicted molar refractivity (Wildman–Crippen MR) is 81.9 cm³/mol. The molecule has 0 saturated carbocycles. The Morgan fingerprint density at radius 1 is 1.33 bits per heavy atom. The van der Waals surface area contributed by atoms with E-state index in [1.54, 1.807) is 0 Å². The van der Waals surface area contributed by atoms with Crippen molar-refractivity contribution in [3.8, 4) is 0 Å². The Labute approximate surface area is 123 Å². The van der Waals surface area contributed by atoms with E-state index in [1.807, 2.05) is 6.20 Å². The van der Waals surface area contributed by atoms with Gasteiger partial charge in [-0.2, -0.15) is 0 Å². The van der Waals surface area contributed by atoms with Crippen LogP contribution in [0.3, 0.4) is 0 Å². The lowest BCUT2D eigenvalue weighted by atomic mass is 10.1. The van der Waals surface area contributed by atoms with Crippen LogP contribution in [0.1, 0.15) is 36.6 Å². The Morgan fingerprint density at radius 2 is 2.29 bits per heavy atom. The molecule has 3 heterocycles. The maximum absolute atomic E-state index is 4.34. The minimum Gasteiger partial charge on any atom is -0.361 e. The van der Waals surface area contributed by atoms with Gasteiger partial charge in [0, 0.05) is 31.2 Å². The van der Waals surface area contributed by atoms with Gasteiger partial charge < -0.3 is 14.9 Å². The molecular formula is C16H19N5. The highest BCUT2D eigenvalue weighted by molar-refractivity contribution is 5.79.